The second kappa shape index (κ2) is 8.85. The van der Waals surface area contributed by atoms with Gasteiger partial charge in [-0.25, -0.2) is 9.18 Å². The van der Waals surface area contributed by atoms with E-state index in [2.05, 4.69) is 0 Å². The first kappa shape index (κ1) is 24.2. The van der Waals surface area contributed by atoms with Crippen molar-refractivity contribution in [2.75, 3.05) is 0 Å². The summed E-state index contributed by atoms with van der Waals surface area (Å²) in [5, 5.41) is 28.6. The van der Waals surface area contributed by atoms with Crippen molar-refractivity contribution in [1.29, 1.82) is 5.26 Å². The summed E-state index contributed by atoms with van der Waals surface area (Å²) in [4.78, 5) is 11.0. The van der Waals surface area contributed by atoms with Crippen molar-refractivity contribution in [3.63, 3.8) is 0 Å². The van der Waals surface area contributed by atoms with Gasteiger partial charge in [0.1, 0.15) is 5.82 Å². The molecule has 33 heavy (non-hydrogen) atoms. The lowest BCUT2D eigenvalue weighted by atomic mass is 9.77. The average Bonchev–Trinajstić information content (AvgIpc) is 2.77. The zero-order valence-corrected chi connectivity index (χ0v) is 17.7. The van der Waals surface area contributed by atoms with Gasteiger partial charge in [0.15, 0.2) is 5.60 Å². The smallest absolute Gasteiger partial charge is 0.422 e. The number of benzene rings is 3. The van der Waals surface area contributed by atoms with Gasteiger partial charge >= 0.3 is 12.1 Å². The largest absolute Gasteiger partial charge is 0.478 e. The molecule has 0 radical (unpaired) electrons. The topological polar surface area (TPSA) is 81.3 Å². The molecule has 9 heteroatoms. The maximum absolute atomic E-state index is 14.1. The van der Waals surface area contributed by atoms with Crippen LogP contribution >= 0.6 is 11.6 Å². The number of carboxylic acid groups (broad SMARTS) is 1. The van der Waals surface area contributed by atoms with Crippen LogP contribution < -0.4 is 0 Å². The SMILES string of the molecule is CC(c1ccc(-c2ccc(C(=O)O)c(F)c2)cc1Cl)C(O)(c1ccc(C#N)cc1)C(F)(F)F. The minimum Gasteiger partial charge on any atom is -0.478 e. The highest BCUT2D eigenvalue weighted by Crippen LogP contribution is 2.50. The van der Waals surface area contributed by atoms with Crippen molar-refractivity contribution in [3.05, 3.63) is 93.8 Å². The van der Waals surface area contributed by atoms with E-state index in [1.807, 2.05) is 0 Å². The van der Waals surface area contributed by atoms with Crippen LogP contribution in [-0.2, 0) is 5.60 Å². The van der Waals surface area contributed by atoms with Crippen LogP contribution in [0.2, 0.25) is 5.02 Å². The Balaban J connectivity index is 2.05. The summed E-state index contributed by atoms with van der Waals surface area (Å²) < 4.78 is 56.3. The molecule has 0 heterocycles. The fraction of sp³-hybridized carbons (Fsp3) is 0.167. The zero-order chi connectivity index (χ0) is 24.6. The molecule has 0 saturated carbocycles. The lowest BCUT2D eigenvalue weighted by molar-refractivity contribution is -0.274. The van der Waals surface area contributed by atoms with Crippen LogP contribution in [0.1, 0.15) is 39.9 Å². The highest BCUT2D eigenvalue weighted by molar-refractivity contribution is 6.31. The Labute approximate surface area is 191 Å². The maximum Gasteiger partial charge on any atom is 0.422 e. The Bertz CT molecular complexity index is 1250. The van der Waals surface area contributed by atoms with Gasteiger partial charge in [0, 0.05) is 10.9 Å². The number of rotatable bonds is 5. The summed E-state index contributed by atoms with van der Waals surface area (Å²) in [6.45, 7) is 1.17. The molecule has 2 N–H and O–H groups in total. The fourth-order valence-electron chi connectivity index (χ4n) is 3.61. The highest BCUT2D eigenvalue weighted by atomic mass is 35.5. The number of nitriles is 1. The Morgan fingerprint density at radius 2 is 1.61 bits per heavy atom. The molecular weight excluding hydrogens is 462 g/mol. The van der Waals surface area contributed by atoms with Gasteiger partial charge in [0.05, 0.1) is 17.2 Å². The second-order valence-electron chi connectivity index (χ2n) is 7.41. The first-order chi connectivity index (χ1) is 15.4. The third-order valence-corrected chi connectivity index (χ3v) is 5.84. The number of hydrogen-bond donors (Lipinski definition) is 2. The van der Waals surface area contributed by atoms with E-state index in [1.165, 1.54) is 43.3 Å². The lowest BCUT2D eigenvalue weighted by Crippen LogP contribution is -2.46. The number of aliphatic hydroxyl groups is 1. The fourth-order valence-corrected chi connectivity index (χ4v) is 3.95. The number of alkyl halides is 3. The third kappa shape index (κ3) is 4.42. The molecule has 170 valence electrons. The molecule has 3 aromatic rings. The summed E-state index contributed by atoms with van der Waals surface area (Å²) in [5.74, 6) is -3.95. The standard InChI is InChI=1S/C24H16ClF4NO3/c1-13(23(33,24(27,28)29)17-6-2-14(12-30)3-7-17)18-8-4-15(10-20(18)25)16-5-9-19(22(31)32)21(26)11-16/h2-11,13,33H,1H3,(H,31,32). The van der Waals surface area contributed by atoms with Gasteiger partial charge in [-0.2, -0.15) is 18.4 Å². The van der Waals surface area contributed by atoms with E-state index >= 15 is 0 Å². The number of hydrogen-bond acceptors (Lipinski definition) is 3. The van der Waals surface area contributed by atoms with Crippen LogP contribution in [0.4, 0.5) is 17.6 Å². The van der Waals surface area contributed by atoms with E-state index < -0.39 is 40.6 Å². The van der Waals surface area contributed by atoms with Crippen molar-refractivity contribution in [2.45, 2.75) is 24.6 Å². The normalized spacial score (nSPS) is 14.2. The summed E-state index contributed by atoms with van der Waals surface area (Å²) in [7, 11) is 0. The van der Waals surface area contributed by atoms with Crippen LogP contribution in [0.15, 0.2) is 60.7 Å². The van der Waals surface area contributed by atoms with Crippen molar-refractivity contribution in [1.82, 2.24) is 0 Å². The van der Waals surface area contributed by atoms with E-state index in [-0.39, 0.29) is 21.7 Å². The van der Waals surface area contributed by atoms with Crippen molar-refractivity contribution in [2.24, 2.45) is 0 Å². The van der Waals surface area contributed by atoms with E-state index in [0.29, 0.717) is 5.56 Å². The van der Waals surface area contributed by atoms with E-state index in [4.69, 9.17) is 22.0 Å². The lowest BCUT2D eigenvalue weighted by Gasteiger charge is -2.37. The average molecular weight is 478 g/mol. The number of carboxylic acids is 1. The van der Waals surface area contributed by atoms with Crippen LogP contribution in [0.5, 0.6) is 0 Å². The van der Waals surface area contributed by atoms with Gasteiger partial charge in [-0.05, 0) is 52.6 Å². The van der Waals surface area contributed by atoms with E-state index in [9.17, 15) is 27.5 Å². The molecule has 2 unspecified atom stereocenters. The predicted octanol–water partition coefficient (Wildman–Crippen LogP) is 6.27. The van der Waals surface area contributed by atoms with Gasteiger partial charge in [-0.15, -0.1) is 0 Å². The number of carbonyl (C=O) groups is 1. The Morgan fingerprint density at radius 1 is 1.03 bits per heavy atom. The van der Waals surface area contributed by atoms with Gasteiger partial charge < -0.3 is 10.2 Å². The molecule has 3 rings (SSSR count). The van der Waals surface area contributed by atoms with Crippen molar-refractivity contribution in [3.8, 4) is 17.2 Å². The minimum atomic E-state index is -5.07. The predicted molar refractivity (Wildman–Crippen MR) is 113 cm³/mol. The molecule has 0 spiro atoms. The molecule has 4 nitrogen and oxygen atoms in total. The van der Waals surface area contributed by atoms with Crippen LogP contribution in [0, 0.1) is 17.1 Å². The molecule has 3 aromatic carbocycles. The monoisotopic (exact) mass is 477 g/mol. The van der Waals surface area contributed by atoms with Crippen LogP contribution in [-0.4, -0.2) is 22.4 Å². The van der Waals surface area contributed by atoms with Gasteiger partial charge in [-0.3, -0.25) is 0 Å². The van der Waals surface area contributed by atoms with Crippen LogP contribution in [0.3, 0.4) is 0 Å². The Hall–Kier alpha value is -3.41. The van der Waals surface area contributed by atoms with Crippen LogP contribution in [0.25, 0.3) is 11.1 Å². The summed E-state index contributed by atoms with van der Waals surface area (Å²) in [6, 6.07) is 13.7. The molecule has 0 saturated heterocycles. The molecule has 0 aliphatic rings. The molecule has 2 atom stereocenters. The Kier molecular flexibility index (Phi) is 6.50. The summed E-state index contributed by atoms with van der Waals surface area (Å²) in [5.41, 5.74) is -3.52. The molecule has 0 amide bonds. The number of aromatic carboxylic acids is 1. The summed E-state index contributed by atoms with van der Waals surface area (Å²) in [6.07, 6.45) is -5.07. The highest BCUT2D eigenvalue weighted by Gasteiger charge is 2.58. The van der Waals surface area contributed by atoms with Gasteiger partial charge in [-0.1, -0.05) is 48.9 Å². The maximum atomic E-state index is 14.1. The zero-order valence-electron chi connectivity index (χ0n) is 17.0. The molecular formula is C24H16ClF4NO3. The quantitative estimate of drug-likeness (QED) is 0.424. The third-order valence-electron chi connectivity index (χ3n) is 5.51. The molecule has 0 bridgehead atoms. The first-order valence-corrected chi connectivity index (χ1v) is 9.90. The Morgan fingerprint density at radius 3 is 2.09 bits per heavy atom. The van der Waals surface area contributed by atoms with Gasteiger partial charge in [0.2, 0.25) is 0 Å². The first-order valence-electron chi connectivity index (χ1n) is 9.52. The number of nitrogens with zero attached hydrogens (tertiary/aromatic N) is 1. The van der Waals surface area contributed by atoms with E-state index in [0.717, 1.165) is 24.3 Å². The minimum absolute atomic E-state index is 0.00719. The molecule has 0 fully saturated rings. The molecule has 0 aliphatic carbocycles. The van der Waals surface area contributed by atoms with Gasteiger partial charge in [0.25, 0.3) is 0 Å². The number of halogens is 5. The van der Waals surface area contributed by atoms with Crippen molar-refractivity contribution >= 4 is 17.6 Å². The van der Waals surface area contributed by atoms with E-state index in [1.54, 1.807) is 6.07 Å². The van der Waals surface area contributed by atoms with Crippen molar-refractivity contribution < 1.29 is 32.6 Å². The summed E-state index contributed by atoms with van der Waals surface area (Å²) >= 11 is 6.28. The molecule has 0 aromatic heterocycles. The molecule has 0 aliphatic heterocycles. The second-order valence-corrected chi connectivity index (χ2v) is 7.82.